The van der Waals surface area contributed by atoms with Gasteiger partial charge >= 0.3 is 5.97 Å². The smallest absolute Gasteiger partial charge is 0.303 e. The molecule has 0 aliphatic carbocycles. The standard InChI is InChI=1S/C14H19NO2/c1-10(7-14(16)17)11-3-5-12(6-4-11)13-8-15(2)9-13/h3-6,10,13H,7-9H2,1-2H3,(H,16,17). The molecule has 3 nitrogen and oxygen atoms in total. The van der Waals surface area contributed by atoms with Gasteiger partial charge in [0.05, 0.1) is 6.42 Å². The van der Waals surface area contributed by atoms with Crippen molar-refractivity contribution in [1.82, 2.24) is 4.90 Å². The van der Waals surface area contributed by atoms with Gasteiger partial charge in [-0.3, -0.25) is 4.79 Å². The monoisotopic (exact) mass is 233 g/mol. The van der Waals surface area contributed by atoms with Gasteiger partial charge in [0.25, 0.3) is 0 Å². The minimum Gasteiger partial charge on any atom is -0.481 e. The molecule has 1 aromatic rings. The van der Waals surface area contributed by atoms with Crippen LogP contribution in [0.1, 0.15) is 36.3 Å². The normalized spacial score (nSPS) is 18.7. The Bertz CT molecular complexity index is 393. The summed E-state index contributed by atoms with van der Waals surface area (Å²) in [6.45, 7) is 4.22. The number of hydrogen-bond donors (Lipinski definition) is 1. The summed E-state index contributed by atoms with van der Waals surface area (Å²) in [5, 5.41) is 8.76. The Hall–Kier alpha value is -1.35. The van der Waals surface area contributed by atoms with E-state index in [-0.39, 0.29) is 12.3 Å². The summed E-state index contributed by atoms with van der Waals surface area (Å²) < 4.78 is 0. The quantitative estimate of drug-likeness (QED) is 0.867. The van der Waals surface area contributed by atoms with E-state index in [2.05, 4.69) is 36.2 Å². The average Bonchev–Trinajstić information content (AvgIpc) is 2.24. The molecule has 1 N–H and O–H groups in total. The maximum atomic E-state index is 10.6. The van der Waals surface area contributed by atoms with Crippen LogP contribution in [-0.4, -0.2) is 36.1 Å². The van der Waals surface area contributed by atoms with Gasteiger partial charge in [-0.1, -0.05) is 31.2 Å². The van der Waals surface area contributed by atoms with Crippen LogP contribution in [0, 0.1) is 0 Å². The van der Waals surface area contributed by atoms with Crippen molar-refractivity contribution in [2.24, 2.45) is 0 Å². The molecule has 3 heteroatoms. The third kappa shape index (κ3) is 2.86. The fraction of sp³-hybridized carbons (Fsp3) is 0.500. The van der Waals surface area contributed by atoms with E-state index in [1.807, 2.05) is 6.92 Å². The number of hydrogen-bond acceptors (Lipinski definition) is 2. The lowest BCUT2D eigenvalue weighted by Crippen LogP contribution is -2.41. The minimum absolute atomic E-state index is 0.0885. The molecule has 1 aliphatic heterocycles. The van der Waals surface area contributed by atoms with Crippen molar-refractivity contribution in [1.29, 1.82) is 0 Å². The minimum atomic E-state index is -0.734. The van der Waals surface area contributed by atoms with Crippen LogP contribution in [-0.2, 0) is 4.79 Å². The lowest BCUT2D eigenvalue weighted by Gasteiger charge is -2.36. The number of benzene rings is 1. The molecule has 0 radical (unpaired) electrons. The van der Waals surface area contributed by atoms with Crippen molar-refractivity contribution < 1.29 is 9.90 Å². The summed E-state index contributed by atoms with van der Waals surface area (Å²) in [6, 6.07) is 8.43. The first-order valence-corrected chi connectivity index (χ1v) is 6.06. The molecule has 1 unspecified atom stereocenters. The van der Waals surface area contributed by atoms with Gasteiger partial charge < -0.3 is 10.0 Å². The lowest BCUT2D eigenvalue weighted by molar-refractivity contribution is -0.137. The van der Waals surface area contributed by atoms with E-state index in [0.717, 1.165) is 18.7 Å². The Kier molecular flexibility index (Phi) is 3.48. The van der Waals surface area contributed by atoms with E-state index < -0.39 is 5.97 Å². The predicted octanol–water partition coefficient (Wildman–Crippen LogP) is 2.29. The Labute approximate surface area is 102 Å². The number of carboxylic acid groups (broad SMARTS) is 1. The molecular weight excluding hydrogens is 214 g/mol. The van der Waals surface area contributed by atoms with Crippen LogP contribution in [0.25, 0.3) is 0 Å². The number of rotatable bonds is 4. The first-order chi connectivity index (χ1) is 8.06. The van der Waals surface area contributed by atoms with Crippen LogP contribution in [0.2, 0.25) is 0 Å². The second kappa shape index (κ2) is 4.88. The van der Waals surface area contributed by atoms with E-state index in [0.29, 0.717) is 5.92 Å². The number of likely N-dealkylation sites (N-methyl/N-ethyl adjacent to an activating group) is 1. The molecule has 0 amide bonds. The summed E-state index contributed by atoms with van der Waals surface area (Å²) >= 11 is 0. The average molecular weight is 233 g/mol. The van der Waals surface area contributed by atoms with E-state index >= 15 is 0 Å². The first-order valence-electron chi connectivity index (χ1n) is 6.06. The predicted molar refractivity (Wildman–Crippen MR) is 67.3 cm³/mol. The summed E-state index contributed by atoms with van der Waals surface area (Å²) in [6.07, 6.45) is 0.200. The molecule has 0 aromatic heterocycles. The SMILES string of the molecule is CC(CC(=O)O)c1ccc(C2CN(C)C2)cc1. The van der Waals surface area contributed by atoms with Gasteiger partial charge in [-0.2, -0.15) is 0 Å². The van der Waals surface area contributed by atoms with Crippen LogP contribution < -0.4 is 0 Å². The largest absolute Gasteiger partial charge is 0.481 e. The van der Waals surface area contributed by atoms with Gasteiger partial charge in [0.15, 0.2) is 0 Å². The zero-order valence-electron chi connectivity index (χ0n) is 10.4. The summed E-state index contributed by atoms with van der Waals surface area (Å²) in [5.41, 5.74) is 2.48. The molecule has 0 bridgehead atoms. The molecule has 1 aliphatic rings. The summed E-state index contributed by atoms with van der Waals surface area (Å²) in [4.78, 5) is 12.9. The number of nitrogens with zero attached hydrogens (tertiary/aromatic N) is 1. The van der Waals surface area contributed by atoms with E-state index in [1.54, 1.807) is 0 Å². The Morgan fingerprint density at radius 3 is 2.47 bits per heavy atom. The maximum Gasteiger partial charge on any atom is 0.303 e. The van der Waals surface area contributed by atoms with Crippen molar-refractivity contribution in [2.75, 3.05) is 20.1 Å². The Balaban J connectivity index is 2.00. The zero-order valence-corrected chi connectivity index (χ0v) is 10.4. The number of carbonyl (C=O) groups is 1. The van der Waals surface area contributed by atoms with E-state index in [1.165, 1.54) is 5.56 Å². The molecule has 1 aromatic carbocycles. The second-order valence-electron chi connectivity index (χ2n) is 5.08. The topological polar surface area (TPSA) is 40.5 Å². The summed E-state index contributed by atoms with van der Waals surface area (Å²) in [5.74, 6) is 0.0108. The van der Waals surface area contributed by atoms with Crippen LogP contribution in [0.15, 0.2) is 24.3 Å². The molecule has 17 heavy (non-hydrogen) atoms. The fourth-order valence-electron chi connectivity index (χ4n) is 2.39. The number of carboxylic acids is 1. The molecule has 0 saturated carbocycles. The molecule has 1 heterocycles. The van der Waals surface area contributed by atoms with Gasteiger partial charge in [0, 0.05) is 19.0 Å². The highest BCUT2D eigenvalue weighted by molar-refractivity contribution is 5.67. The Morgan fingerprint density at radius 1 is 1.41 bits per heavy atom. The third-order valence-electron chi connectivity index (χ3n) is 3.52. The molecule has 92 valence electrons. The summed E-state index contributed by atoms with van der Waals surface area (Å²) in [7, 11) is 2.12. The molecule has 1 atom stereocenters. The van der Waals surface area contributed by atoms with Crippen molar-refractivity contribution in [3.63, 3.8) is 0 Å². The number of aliphatic carboxylic acids is 1. The molecule has 1 fully saturated rings. The van der Waals surface area contributed by atoms with Crippen molar-refractivity contribution in [2.45, 2.75) is 25.2 Å². The highest BCUT2D eigenvalue weighted by atomic mass is 16.4. The maximum absolute atomic E-state index is 10.6. The van der Waals surface area contributed by atoms with E-state index in [4.69, 9.17) is 5.11 Å². The van der Waals surface area contributed by atoms with Gasteiger partial charge in [-0.25, -0.2) is 0 Å². The number of likely N-dealkylation sites (tertiary alicyclic amines) is 1. The van der Waals surface area contributed by atoms with Crippen molar-refractivity contribution >= 4 is 5.97 Å². The van der Waals surface area contributed by atoms with Crippen LogP contribution >= 0.6 is 0 Å². The van der Waals surface area contributed by atoms with Crippen LogP contribution in [0.4, 0.5) is 0 Å². The highest BCUT2D eigenvalue weighted by Gasteiger charge is 2.24. The Morgan fingerprint density at radius 2 is 2.00 bits per heavy atom. The van der Waals surface area contributed by atoms with Crippen LogP contribution in [0.5, 0.6) is 0 Å². The van der Waals surface area contributed by atoms with Gasteiger partial charge in [0.2, 0.25) is 0 Å². The van der Waals surface area contributed by atoms with Gasteiger partial charge in [-0.05, 0) is 24.1 Å². The fourth-order valence-corrected chi connectivity index (χ4v) is 2.39. The van der Waals surface area contributed by atoms with Crippen molar-refractivity contribution in [3.8, 4) is 0 Å². The second-order valence-corrected chi connectivity index (χ2v) is 5.08. The van der Waals surface area contributed by atoms with Gasteiger partial charge in [-0.15, -0.1) is 0 Å². The molecule has 0 spiro atoms. The molecule has 2 rings (SSSR count). The first kappa shape index (κ1) is 12.1. The highest BCUT2D eigenvalue weighted by Crippen LogP contribution is 2.27. The van der Waals surface area contributed by atoms with Crippen LogP contribution in [0.3, 0.4) is 0 Å². The van der Waals surface area contributed by atoms with E-state index in [9.17, 15) is 4.79 Å². The van der Waals surface area contributed by atoms with Gasteiger partial charge in [0.1, 0.15) is 0 Å². The van der Waals surface area contributed by atoms with Crippen molar-refractivity contribution in [3.05, 3.63) is 35.4 Å². The molecule has 1 saturated heterocycles. The molecular formula is C14H19NO2. The zero-order chi connectivity index (χ0) is 12.4. The lowest BCUT2D eigenvalue weighted by atomic mass is 9.89. The third-order valence-corrected chi connectivity index (χ3v) is 3.52.